The molecule has 2 aromatic heterocycles. The van der Waals surface area contributed by atoms with Crippen molar-refractivity contribution in [1.29, 1.82) is 0 Å². The number of carbonyl (C=O) groups excluding carboxylic acids is 2. The number of nitrogens with zero attached hydrogens (tertiary/aromatic N) is 4. The molecule has 0 bridgehead atoms. The highest BCUT2D eigenvalue weighted by molar-refractivity contribution is 8.00. The molecular formula is C22H22N8O2S2. The van der Waals surface area contributed by atoms with Gasteiger partial charge in [-0.1, -0.05) is 35.7 Å². The van der Waals surface area contributed by atoms with Gasteiger partial charge in [-0.25, -0.2) is 0 Å². The van der Waals surface area contributed by atoms with Crippen molar-refractivity contribution in [1.82, 2.24) is 30.8 Å². The summed E-state index contributed by atoms with van der Waals surface area (Å²) >= 11 is 2.63. The minimum atomic E-state index is -0.110. The van der Waals surface area contributed by atoms with Crippen molar-refractivity contribution in [3.05, 3.63) is 59.9 Å². The molecule has 4 aromatic rings. The van der Waals surface area contributed by atoms with Gasteiger partial charge in [-0.05, 0) is 60.4 Å². The third kappa shape index (κ3) is 6.23. The minimum absolute atomic E-state index is 0.110. The van der Waals surface area contributed by atoms with Crippen molar-refractivity contribution in [2.75, 3.05) is 22.1 Å². The lowest BCUT2D eigenvalue weighted by atomic mass is 10.00. The number of carbonyl (C=O) groups is 2. The van der Waals surface area contributed by atoms with Gasteiger partial charge in [0.2, 0.25) is 11.8 Å². The van der Waals surface area contributed by atoms with Crippen molar-refractivity contribution >= 4 is 46.7 Å². The number of hydrogen-bond acceptors (Lipinski definition) is 8. The Morgan fingerprint density at radius 1 is 0.765 bits per heavy atom. The molecule has 10 nitrogen and oxygen atoms in total. The predicted octanol–water partition coefficient (Wildman–Crippen LogP) is 3.67. The number of aromatic nitrogens is 6. The number of anilines is 2. The molecule has 0 aliphatic carbocycles. The van der Waals surface area contributed by atoms with E-state index in [-0.39, 0.29) is 23.3 Å². The third-order valence-corrected chi connectivity index (χ3v) is 6.62. The van der Waals surface area contributed by atoms with Gasteiger partial charge in [0.15, 0.2) is 0 Å². The second-order valence-corrected chi connectivity index (χ2v) is 9.34. The van der Waals surface area contributed by atoms with Crippen LogP contribution in [0.5, 0.6) is 0 Å². The number of amides is 2. The summed E-state index contributed by atoms with van der Waals surface area (Å²) in [5, 5.41) is 27.6. The standard InChI is InChI=1S/C22H22N8O2S2/c1-13-7-15(3-5-17(13)25-19(31)11-33-21-9-23-29-27-21)16-4-6-18(14(2)8-16)26-20(32)12-34-22-10-24-30-28-22/h3-10H,11-12H2,1-2H3,(H,25,31)(H,26,32)(H,23,27,29)(H,24,28,30). The molecule has 4 rings (SSSR count). The number of thioether (sulfide) groups is 2. The summed E-state index contributed by atoms with van der Waals surface area (Å²) in [6.07, 6.45) is 3.16. The fourth-order valence-corrected chi connectivity index (χ4v) is 4.31. The van der Waals surface area contributed by atoms with Crippen LogP contribution in [-0.4, -0.2) is 54.1 Å². The Balaban J connectivity index is 1.35. The molecule has 34 heavy (non-hydrogen) atoms. The summed E-state index contributed by atoms with van der Waals surface area (Å²) in [4.78, 5) is 24.5. The zero-order valence-electron chi connectivity index (χ0n) is 18.5. The number of aromatic amines is 2. The van der Waals surface area contributed by atoms with Crippen LogP contribution < -0.4 is 10.6 Å². The van der Waals surface area contributed by atoms with Crippen LogP contribution in [0.15, 0.2) is 58.8 Å². The highest BCUT2D eigenvalue weighted by atomic mass is 32.2. The zero-order valence-corrected chi connectivity index (χ0v) is 20.1. The average molecular weight is 495 g/mol. The lowest BCUT2D eigenvalue weighted by molar-refractivity contribution is -0.114. The lowest BCUT2D eigenvalue weighted by Gasteiger charge is -2.13. The molecule has 0 atom stereocenters. The van der Waals surface area contributed by atoms with Gasteiger partial charge in [0.05, 0.1) is 23.9 Å². The maximum Gasteiger partial charge on any atom is 0.234 e. The number of H-pyrrole nitrogens is 2. The Kier molecular flexibility index (Phi) is 7.60. The van der Waals surface area contributed by atoms with E-state index in [1.54, 1.807) is 12.4 Å². The number of nitrogens with one attached hydrogen (secondary N) is 4. The third-order valence-electron chi connectivity index (χ3n) is 4.82. The Morgan fingerprint density at radius 2 is 1.21 bits per heavy atom. The van der Waals surface area contributed by atoms with Crippen LogP contribution in [0.25, 0.3) is 11.1 Å². The second-order valence-electron chi connectivity index (χ2n) is 7.35. The van der Waals surface area contributed by atoms with E-state index in [1.165, 1.54) is 23.5 Å². The van der Waals surface area contributed by atoms with Crippen molar-refractivity contribution in [2.24, 2.45) is 0 Å². The fourth-order valence-electron chi connectivity index (χ4n) is 3.14. The number of rotatable bonds is 9. The molecule has 12 heteroatoms. The van der Waals surface area contributed by atoms with Crippen molar-refractivity contribution in [3.8, 4) is 11.1 Å². The predicted molar refractivity (Wildman–Crippen MR) is 133 cm³/mol. The summed E-state index contributed by atoms with van der Waals surface area (Å²) in [5.41, 5.74) is 5.49. The molecule has 0 saturated carbocycles. The molecule has 0 aliphatic heterocycles. The van der Waals surface area contributed by atoms with Crippen molar-refractivity contribution in [2.45, 2.75) is 23.9 Å². The Labute approximate surface area is 204 Å². The Morgan fingerprint density at radius 3 is 1.56 bits per heavy atom. The minimum Gasteiger partial charge on any atom is -0.325 e. The number of hydrogen-bond donors (Lipinski definition) is 4. The SMILES string of the molecule is Cc1cc(-c2ccc(NC(=O)CSc3cn[nH]n3)c(C)c2)ccc1NC(=O)CSc1cn[nH]n1. The number of aryl methyl sites for hydroxylation is 2. The van der Waals surface area contributed by atoms with Crippen molar-refractivity contribution < 1.29 is 9.59 Å². The largest absolute Gasteiger partial charge is 0.325 e. The topological polar surface area (TPSA) is 141 Å². The molecule has 2 aromatic carbocycles. The van der Waals surface area contributed by atoms with Crippen LogP contribution in [0.3, 0.4) is 0 Å². The quantitative estimate of drug-likeness (QED) is 0.258. The van der Waals surface area contributed by atoms with E-state index in [0.29, 0.717) is 10.1 Å². The molecule has 0 fully saturated rings. The normalized spacial score (nSPS) is 10.8. The summed E-state index contributed by atoms with van der Waals surface area (Å²) in [7, 11) is 0. The Bertz CT molecular complexity index is 1180. The van der Waals surface area contributed by atoms with Gasteiger partial charge < -0.3 is 10.6 Å². The highest BCUT2D eigenvalue weighted by Crippen LogP contribution is 2.28. The summed E-state index contributed by atoms with van der Waals surface area (Å²) in [6.45, 7) is 3.91. The van der Waals surface area contributed by atoms with Gasteiger partial charge in [0.25, 0.3) is 0 Å². The first-order valence-electron chi connectivity index (χ1n) is 10.3. The first-order valence-corrected chi connectivity index (χ1v) is 12.2. The highest BCUT2D eigenvalue weighted by Gasteiger charge is 2.11. The van der Waals surface area contributed by atoms with Crippen LogP contribution >= 0.6 is 23.5 Å². The molecule has 2 amide bonds. The zero-order chi connectivity index (χ0) is 23.9. The molecule has 4 N–H and O–H groups in total. The van der Waals surface area contributed by atoms with E-state index in [2.05, 4.69) is 41.5 Å². The maximum absolute atomic E-state index is 12.3. The van der Waals surface area contributed by atoms with Gasteiger partial charge in [0.1, 0.15) is 10.1 Å². The van der Waals surface area contributed by atoms with Crippen LogP contribution in [0, 0.1) is 13.8 Å². The lowest BCUT2D eigenvalue weighted by Crippen LogP contribution is -2.15. The van der Waals surface area contributed by atoms with Crippen LogP contribution in [-0.2, 0) is 9.59 Å². The molecule has 174 valence electrons. The van der Waals surface area contributed by atoms with Crippen LogP contribution in [0.2, 0.25) is 0 Å². The molecule has 0 radical (unpaired) electrons. The van der Waals surface area contributed by atoms with E-state index in [1.807, 2.05) is 50.2 Å². The first kappa shape index (κ1) is 23.5. The fraction of sp³-hybridized carbons (Fsp3) is 0.182. The molecule has 2 heterocycles. The molecule has 0 aliphatic rings. The van der Waals surface area contributed by atoms with E-state index in [4.69, 9.17) is 0 Å². The Hall–Kier alpha value is -3.64. The molecule has 0 saturated heterocycles. The van der Waals surface area contributed by atoms with Crippen molar-refractivity contribution in [3.63, 3.8) is 0 Å². The van der Waals surface area contributed by atoms with Gasteiger partial charge >= 0.3 is 0 Å². The molecular weight excluding hydrogens is 472 g/mol. The summed E-state index contributed by atoms with van der Waals surface area (Å²) in [5.74, 6) is 0.275. The average Bonchev–Trinajstić information content (AvgIpc) is 3.53. The molecule has 0 spiro atoms. The van der Waals surface area contributed by atoms with Gasteiger partial charge in [-0.15, -0.1) is 10.2 Å². The maximum atomic E-state index is 12.3. The van der Waals surface area contributed by atoms with Gasteiger partial charge in [-0.3, -0.25) is 9.59 Å². The first-order chi connectivity index (χ1) is 16.5. The second kappa shape index (κ2) is 11.0. The summed E-state index contributed by atoms with van der Waals surface area (Å²) < 4.78 is 0. The number of benzene rings is 2. The summed E-state index contributed by atoms with van der Waals surface area (Å²) in [6, 6.07) is 11.8. The van der Waals surface area contributed by atoms with E-state index >= 15 is 0 Å². The van der Waals surface area contributed by atoms with E-state index < -0.39 is 0 Å². The monoisotopic (exact) mass is 494 g/mol. The molecule has 0 unspecified atom stereocenters. The smallest absolute Gasteiger partial charge is 0.234 e. The van der Waals surface area contributed by atoms with Crippen LogP contribution in [0.1, 0.15) is 11.1 Å². The van der Waals surface area contributed by atoms with Crippen LogP contribution in [0.4, 0.5) is 11.4 Å². The van der Waals surface area contributed by atoms with E-state index in [9.17, 15) is 9.59 Å². The van der Waals surface area contributed by atoms with Gasteiger partial charge in [-0.2, -0.15) is 20.6 Å². The van der Waals surface area contributed by atoms with E-state index in [0.717, 1.165) is 33.6 Å². The van der Waals surface area contributed by atoms with Gasteiger partial charge in [0, 0.05) is 11.4 Å².